The second kappa shape index (κ2) is 10.5. The predicted molar refractivity (Wildman–Crippen MR) is 76.2 cm³/mol. The van der Waals surface area contributed by atoms with E-state index in [2.05, 4.69) is 4.99 Å². The van der Waals surface area contributed by atoms with Crippen molar-refractivity contribution in [1.29, 1.82) is 0 Å². The quantitative estimate of drug-likeness (QED) is 0.331. The van der Waals surface area contributed by atoms with Gasteiger partial charge in [0.25, 0.3) is 0 Å². The van der Waals surface area contributed by atoms with Gasteiger partial charge in [0.2, 0.25) is 0 Å². The molecule has 0 heterocycles. The molecule has 5 heteroatoms. The topological polar surface area (TPSA) is 28.1 Å². The summed E-state index contributed by atoms with van der Waals surface area (Å²) in [5.41, 5.74) is 0. The summed E-state index contributed by atoms with van der Waals surface area (Å²) in [4.78, 5) is 8.51. The smallest absolute Gasteiger partial charge is 0.195 e. The summed E-state index contributed by atoms with van der Waals surface area (Å²) >= 11 is 0. The number of ether oxygens (including phenoxy) is 1. The molecule has 0 aliphatic carbocycles. The molecule has 0 aromatic carbocycles. The van der Waals surface area contributed by atoms with E-state index < -0.39 is 0 Å². The van der Waals surface area contributed by atoms with Crippen LogP contribution in [0.4, 0.5) is 0 Å². The lowest BCUT2D eigenvalue weighted by molar-refractivity contribution is 0.146. The summed E-state index contributed by atoms with van der Waals surface area (Å²) in [6.45, 7) is 4.42. The fraction of sp³-hybridized carbons (Fsp3) is 0.900. The van der Waals surface area contributed by atoms with Crippen molar-refractivity contribution in [1.82, 2.24) is 9.80 Å². The Labute approximate surface area is 111 Å². The normalized spacial score (nSPS) is 9.13. The number of halogens is 1. The zero-order valence-corrected chi connectivity index (χ0v) is 12.8. The highest BCUT2D eigenvalue weighted by atomic mass is 127. The molecule has 0 atom stereocenters. The third-order valence-corrected chi connectivity index (χ3v) is 1.70. The molecule has 0 saturated heterocycles. The molecule has 0 aromatic rings. The number of hydrogen-bond acceptors (Lipinski definition) is 2. The van der Waals surface area contributed by atoms with Crippen molar-refractivity contribution in [2.45, 2.75) is 13.3 Å². The maximum absolute atomic E-state index is 5.24. The lowest BCUT2D eigenvalue weighted by Gasteiger charge is -2.22. The highest BCUT2D eigenvalue weighted by Gasteiger charge is 2.02. The maximum atomic E-state index is 5.24. The van der Waals surface area contributed by atoms with Crippen molar-refractivity contribution in [2.75, 3.05) is 47.9 Å². The minimum absolute atomic E-state index is 0. The molecule has 0 aliphatic heterocycles. The van der Waals surface area contributed by atoms with Crippen LogP contribution in [0.25, 0.3) is 0 Å². The summed E-state index contributed by atoms with van der Waals surface area (Å²) in [6.07, 6.45) is 0.985. The fourth-order valence-corrected chi connectivity index (χ4v) is 1.17. The van der Waals surface area contributed by atoms with Gasteiger partial charge in [-0.25, -0.2) is 0 Å². The Kier molecular flexibility index (Phi) is 12.1. The average Bonchev–Trinajstić information content (AvgIpc) is 2.09. The Morgan fingerprint density at radius 2 is 1.67 bits per heavy atom. The van der Waals surface area contributed by atoms with E-state index in [0.29, 0.717) is 0 Å². The van der Waals surface area contributed by atoms with Gasteiger partial charge < -0.3 is 14.5 Å². The number of rotatable bonds is 5. The van der Waals surface area contributed by atoms with Crippen LogP contribution in [0.5, 0.6) is 0 Å². The van der Waals surface area contributed by atoms with Gasteiger partial charge in [-0.3, -0.25) is 4.99 Å². The van der Waals surface area contributed by atoms with Crippen LogP contribution in [-0.4, -0.2) is 63.7 Å². The molecule has 0 bridgehead atoms. The molecule has 0 rings (SSSR count). The van der Waals surface area contributed by atoms with E-state index in [1.54, 1.807) is 0 Å². The minimum Gasteiger partial charge on any atom is -0.382 e. The van der Waals surface area contributed by atoms with Crippen molar-refractivity contribution >= 4 is 29.9 Å². The van der Waals surface area contributed by atoms with E-state index >= 15 is 0 Å². The van der Waals surface area contributed by atoms with Crippen LogP contribution in [0.2, 0.25) is 0 Å². The highest BCUT2D eigenvalue weighted by molar-refractivity contribution is 14.0. The Morgan fingerprint density at radius 3 is 2.07 bits per heavy atom. The van der Waals surface area contributed by atoms with Crippen LogP contribution in [0, 0.1) is 0 Å². The summed E-state index contributed by atoms with van der Waals surface area (Å²) in [5.74, 6) is 1.00. The van der Waals surface area contributed by atoms with Gasteiger partial charge >= 0.3 is 0 Å². The van der Waals surface area contributed by atoms with Crippen LogP contribution in [0.3, 0.4) is 0 Å². The molecule has 15 heavy (non-hydrogen) atoms. The molecule has 4 nitrogen and oxygen atoms in total. The Bertz CT molecular complexity index is 162. The van der Waals surface area contributed by atoms with Gasteiger partial charge in [-0.2, -0.15) is 0 Å². The first-order valence-corrected chi connectivity index (χ1v) is 5.06. The lowest BCUT2D eigenvalue weighted by Crippen LogP contribution is -2.35. The van der Waals surface area contributed by atoms with Gasteiger partial charge in [-0.05, 0) is 13.3 Å². The highest BCUT2D eigenvalue weighted by Crippen LogP contribution is 1.91. The van der Waals surface area contributed by atoms with Gasteiger partial charge in [-0.15, -0.1) is 24.0 Å². The lowest BCUT2D eigenvalue weighted by atomic mass is 10.4. The van der Waals surface area contributed by atoms with Crippen LogP contribution in [-0.2, 0) is 4.74 Å². The first-order chi connectivity index (χ1) is 6.59. The maximum Gasteiger partial charge on any atom is 0.195 e. The zero-order valence-electron chi connectivity index (χ0n) is 10.5. The third-order valence-electron chi connectivity index (χ3n) is 1.70. The molecule has 92 valence electrons. The zero-order chi connectivity index (χ0) is 11.0. The van der Waals surface area contributed by atoms with Gasteiger partial charge in [0.15, 0.2) is 5.96 Å². The van der Waals surface area contributed by atoms with Crippen molar-refractivity contribution < 1.29 is 4.74 Å². The van der Waals surface area contributed by atoms with Crippen molar-refractivity contribution in [2.24, 2.45) is 4.99 Å². The molecule has 0 saturated carbocycles. The number of guanidine groups is 1. The summed E-state index contributed by atoms with van der Waals surface area (Å²) in [5, 5.41) is 0. The van der Waals surface area contributed by atoms with Crippen LogP contribution in [0.1, 0.15) is 13.3 Å². The molecule has 0 spiro atoms. The Balaban J connectivity index is 0. The van der Waals surface area contributed by atoms with E-state index in [4.69, 9.17) is 4.74 Å². The molecule has 0 aliphatic rings. The van der Waals surface area contributed by atoms with Crippen molar-refractivity contribution in [3.05, 3.63) is 0 Å². The van der Waals surface area contributed by atoms with Crippen LogP contribution < -0.4 is 0 Å². The van der Waals surface area contributed by atoms with Gasteiger partial charge in [0.05, 0.1) is 0 Å². The monoisotopic (exact) mass is 329 g/mol. The number of nitrogens with zero attached hydrogens (tertiary/aromatic N) is 3. The van der Waals surface area contributed by atoms with Crippen LogP contribution in [0.15, 0.2) is 4.99 Å². The second-order valence-corrected chi connectivity index (χ2v) is 3.52. The second-order valence-electron chi connectivity index (χ2n) is 3.52. The average molecular weight is 329 g/mol. The van der Waals surface area contributed by atoms with E-state index in [1.807, 2.05) is 44.9 Å². The van der Waals surface area contributed by atoms with Gasteiger partial charge in [0.1, 0.15) is 0 Å². The number of hydrogen-bond donors (Lipinski definition) is 0. The molecule has 0 amide bonds. The van der Waals surface area contributed by atoms with Crippen molar-refractivity contribution in [3.63, 3.8) is 0 Å². The van der Waals surface area contributed by atoms with E-state index in [1.165, 1.54) is 0 Å². The van der Waals surface area contributed by atoms with Crippen molar-refractivity contribution in [3.8, 4) is 0 Å². The molecule has 0 fully saturated rings. The summed E-state index contributed by atoms with van der Waals surface area (Å²) < 4.78 is 5.24. The molecule has 0 N–H and O–H groups in total. The standard InChI is InChI=1S/C10H23N3O.HI/c1-6-14-9-7-8-11-10(12(2)3)13(4)5;/h6-9H2,1-5H3;1H. The minimum atomic E-state index is 0. The van der Waals surface area contributed by atoms with E-state index in [-0.39, 0.29) is 24.0 Å². The van der Waals surface area contributed by atoms with Gasteiger partial charge in [-0.1, -0.05) is 0 Å². The summed E-state index contributed by atoms with van der Waals surface area (Å²) in [7, 11) is 8.01. The largest absolute Gasteiger partial charge is 0.382 e. The van der Waals surface area contributed by atoms with Gasteiger partial charge in [0, 0.05) is 47.9 Å². The fourth-order valence-electron chi connectivity index (χ4n) is 1.17. The summed E-state index contributed by atoms with van der Waals surface area (Å²) in [6, 6.07) is 0. The van der Waals surface area contributed by atoms with E-state index in [9.17, 15) is 0 Å². The van der Waals surface area contributed by atoms with Crippen LogP contribution >= 0.6 is 24.0 Å². The molecule has 0 aromatic heterocycles. The van der Waals surface area contributed by atoms with E-state index in [0.717, 1.165) is 32.1 Å². The Morgan fingerprint density at radius 1 is 1.13 bits per heavy atom. The first-order valence-electron chi connectivity index (χ1n) is 5.06. The molecular formula is C10H24IN3O. The predicted octanol–water partition coefficient (Wildman–Crippen LogP) is 1.51. The third kappa shape index (κ3) is 8.92. The molecule has 0 radical (unpaired) electrons. The Hall–Kier alpha value is -0.0400. The SMILES string of the molecule is CCOCCCN=C(N(C)C)N(C)C.I. The number of aliphatic imine (C=N–C) groups is 1. The molecule has 0 unspecified atom stereocenters. The molecular weight excluding hydrogens is 305 g/mol. The first kappa shape index (κ1) is 17.4.